The predicted molar refractivity (Wildman–Crippen MR) is 71.2 cm³/mol. The fourth-order valence-corrected chi connectivity index (χ4v) is 1.92. The van der Waals surface area contributed by atoms with Gasteiger partial charge in [-0.25, -0.2) is 0 Å². The summed E-state index contributed by atoms with van der Waals surface area (Å²) in [6.45, 7) is 5.22. The van der Waals surface area contributed by atoms with Crippen molar-refractivity contribution in [2.24, 2.45) is 0 Å². The molecule has 0 heterocycles. The highest BCUT2D eigenvalue weighted by Crippen LogP contribution is 2.14. The third kappa shape index (κ3) is 6.40. The molecule has 0 saturated carbocycles. The van der Waals surface area contributed by atoms with Crippen LogP contribution in [0.4, 0.5) is 0 Å². The number of aryl methyl sites for hydroxylation is 1. The van der Waals surface area contributed by atoms with Gasteiger partial charge in [0.05, 0.1) is 5.60 Å². The lowest BCUT2D eigenvalue weighted by atomic mass is 10.0. The lowest BCUT2D eigenvalue weighted by Gasteiger charge is -2.22. The van der Waals surface area contributed by atoms with Gasteiger partial charge >= 0.3 is 5.97 Å². The number of rotatable bonds is 6. The summed E-state index contributed by atoms with van der Waals surface area (Å²) in [6.07, 6.45) is 1.26. The summed E-state index contributed by atoms with van der Waals surface area (Å²) in [7, 11) is 0. The number of carbonyl (C=O) groups excluding carboxylic acids is 1. The minimum absolute atomic E-state index is 0.212. The molecule has 0 spiro atoms. The number of esters is 1. The molecule has 1 N–H and O–H groups in total. The summed E-state index contributed by atoms with van der Waals surface area (Å²) in [5, 5.41) is 9.62. The van der Waals surface area contributed by atoms with E-state index in [1.165, 1.54) is 0 Å². The van der Waals surface area contributed by atoms with Crippen LogP contribution in [-0.2, 0) is 16.0 Å². The molecule has 100 valence electrons. The number of aliphatic hydroxyl groups is 1. The van der Waals surface area contributed by atoms with Gasteiger partial charge in [0.2, 0.25) is 0 Å². The Bertz CT molecular complexity index is 365. The fraction of sp³-hybridized carbons (Fsp3) is 0.533. The molecule has 0 bridgehead atoms. The molecule has 1 aromatic rings. The van der Waals surface area contributed by atoms with Crippen molar-refractivity contribution >= 4 is 5.97 Å². The highest BCUT2D eigenvalue weighted by atomic mass is 16.5. The molecular formula is C15H22O3. The Balaban J connectivity index is 2.30. The van der Waals surface area contributed by atoms with E-state index in [0.717, 1.165) is 5.56 Å². The first-order valence-corrected chi connectivity index (χ1v) is 6.32. The van der Waals surface area contributed by atoms with Crippen LogP contribution in [0.1, 0.15) is 39.2 Å². The summed E-state index contributed by atoms with van der Waals surface area (Å²) in [5.74, 6) is -0.212. The van der Waals surface area contributed by atoms with Gasteiger partial charge in [-0.1, -0.05) is 30.3 Å². The standard InChI is InChI=1S/C15H22O3/c1-12(11-15(2,3)17)18-14(16)10-9-13-7-5-4-6-8-13/h4-8,12,17H,9-11H2,1-3H3. The van der Waals surface area contributed by atoms with Gasteiger partial charge in [-0.2, -0.15) is 0 Å². The van der Waals surface area contributed by atoms with Crippen LogP contribution in [0.25, 0.3) is 0 Å². The van der Waals surface area contributed by atoms with Crippen LogP contribution in [0, 0.1) is 0 Å². The number of hydrogen-bond acceptors (Lipinski definition) is 3. The molecule has 0 aliphatic rings. The Kier molecular flexibility index (Phi) is 5.35. The minimum Gasteiger partial charge on any atom is -0.463 e. The molecule has 1 aromatic carbocycles. The third-order valence-electron chi connectivity index (χ3n) is 2.58. The summed E-state index contributed by atoms with van der Waals surface area (Å²) in [6, 6.07) is 9.85. The second kappa shape index (κ2) is 6.55. The first-order valence-electron chi connectivity index (χ1n) is 6.32. The van der Waals surface area contributed by atoms with Crippen molar-refractivity contribution in [1.29, 1.82) is 0 Å². The van der Waals surface area contributed by atoms with E-state index in [2.05, 4.69) is 0 Å². The summed E-state index contributed by atoms with van der Waals surface area (Å²) in [4.78, 5) is 11.6. The average Bonchev–Trinajstić information content (AvgIpc) is 2.25. The van der Waals surface area contributed by atoms with Gasteiger partial charge in [-0.15, -0.1) is 0 Å². The first-order chi connectivity index (χ1) is 8.37. The first kappa shape index (κ1) is 14.7. The van der Waals surface area contributed by atoms with E-state index in [0.29, 0.717) is 19.3 Å². The normalized spacial score (nSPS) is 13.1. The van der Waals surface area contributed by atoms with Crippen molar-refractivity contribution in [3.63, 3.8) is 0 Å². The Morgan fingerprint density at radius 1 is 1.33 bits per heavy atom. The fourth-order valence-electron chi connectivity index (χ4n) is 1.92. The summed E-state index contributed by atoms with van der Waals surface area (Å²) in [5.41, 5.74) is 0.323. The second-order valence-corrected chi connectivity index (χ2v) is 5.30. The molecule has 3 nitrogen and oxygen atoms in total. The van der Waals surface area contributed by atoms with Gasteiger partial charge in [-0.3, -0.25) is 4.79 Å². The monoisotopic (exact) mass is 250 g/mol. The van der Waals surface area contributed by atoms with Crippen molar-refractivity contribution in [1.82, 2.24) is 0 Å². The molecule has 0 amide bonds. The maximum Gasteiger partial charge on any atom is 0.306 e. The molecule has 0 aliphatic heterocycles. The molecular weight excluding hydrogens is 228 g/mol. The van der Waals surface area contributed by atoms with E-state index < -0.39 is 5.60 Å². The van der Waals surface area contributed by atoms with Crippen molar-refractivity contribution in [3.05, 3.63) is 35.9 Å². The largest absolute Gasteiger partial charge is 0.463 e. The van der Waals surface area contributed by atoms with Crippen LogP contribution in [0.5, 0.6) is 0 Å². The number of benzene rings is 1. The van der Waals surface area contributed by atoms with E-state index in [1.54, 1.807) is 20.8 Å². The van der Waals surface area contributed by atoms with Crippen molar-refractivity contribution < 1.29 is 14.6 Å². The smallest absolute Gasteiger partial charge is 0.306 e. The Hall–Kier alpha value is -1.35. The molecule has 0 aliphatic carbocycles. The molecule has 18 heavy (non-hydrogen) atoms. The zero-order valence-electron chi connectivity index (χ0n) is 11.3. The molecule has 1 unspecified atom stereocenters. The molecule has 0 radical (unpaired) electrons. The number of carbonyl (C=O) groups is 1. The molecule has 0 saturated heterocycles. The van der Waals surface area contributed by atoms with E-state index in [4.69, 9.17) is 4.74 Å². The maximum atomic E-state index is 11.6. The van der Waals surface area contributed by atoms with E-state index in [-0.39, 0.29) is 12.1 Å². The second-order valence-electron chi connectivity index (χ2n) is 5.30. The van der Waals surface area contributed by atoms with Crippen LogP contribution in [0.3, 0.4) is 0 Å². The summed E-state index contributed by atoms with van der Waals surface area (Å²) < 4.78 is 5.25. The third-order valence-corrected chi connectivity index (χ3v) is 2.58. The van der Waals surface area contributed by atoms with Crippen LogP contribution < -0.4 is 0 Å². The average molecular weight is 250 g/mol. The molecule has 0 aromatic heterocycles. The zero-order valence-corrected chi connectivity index (χ0v) is 11.3. The molecule has 3 heteroatoms. The quantitative estimate of drug-likeness (QED) is 0.790. The Labute approximate surface area is 109 Å². The van der Waals surface area contributed by atoms with Gasteiger partial charge in [0.1, 0.15) is 6.10 Å². The Morgan fingerprint density at radius 2 is 1.94 bits per heavy atom. The highest BCUT2D eigenvalue weighted by Gasteiger charge is 2.19. The van der Waals surface area contributed by atoms with Gasteiger partial charge in [0, 0.05) is 12.8 Å². The Morgan fingerprint density at radius 3 is 2.50 bits per heavy atom. The van der Waals surface area contributed by atoms with Gasteiger partial charge in [0.25, 0.3) is 0 Å². The summed E-state index contributed by atoms with van der Waals surface area (Å²) >= 11 is 0. The minimum atomic E-state index is -0.806. The van der Waals surface area contributed by atoms with Crippen LogP contribution in [-0.4, -0.2) is 22.8 Å². The van der Waals surface area contributed by atoms with Gasteiger partial charge in [-0.05, 0) is 32.8 Å². The van der Waals surface area contributed by atoms with Crippen LogP contribution in [0.2, 0.25) is 0 Å². The van der Waals surface area contributed by atoms with Crippen LogP contribution in [0.15, 0.2) is 30.3 Å². The van der Waals surface area contributed by atoms with Crippen molar-refractivity contribution in [2.75, 3.05) is 0 Å². The SMILES string of the molecule is CC(CC(C)(C)O)OC(=O)CCc1ccccc1. The van der Waals surface area contributed by atoms with E-state index in [1.807, 2.05) is 30.3 Å². The number of hydrogen-bond donors (Lipinski definition) is 1. The highest BCUT2D eigenvalue weighted by molar-refractivity contribution is 5.69. The van der Waals surface area contributed by atoms with Gasteiger partial charge < -0.3 is 9.84 Å². The van der Waals surface area contributed by atoms with E-state index in [9.17, 15) is 9.90 Å². The van der Waals surface area contributed by atoms with Gasteiger partial charge in [0.15, 0.2) is 0 Å². The van der Waals surface area contributed by atoms with E-state index >= 15 is 0 Å². The lowest BCUT2D eigenvalue weighted by Crippen LogP contribution is -2.27. The predicted octanol–water partition coefficient (Wildman–Crippen LogP) is 2.71. The molecule has 0 fully saturated rings. The van der Waals surface area contributed by atoms with Crippen molar-refractivity contribution in [2.45, 2.75) is 51.7 Å². The molecule has 1 rings (SSSR count). The van der Waals surface area contributed by atoms with Crippen LogP contribution >= 0.6 is 0 Å². The van der Waals surface area contributed by atoms with Crippen molar-refractivity contribution in [3.8, 4) is 0 Å². The molecule has 1 atom stereocenters. The lowest BCUT2D eigenvalue weighted by molar-refractivity contribution is -0.150. The number of ether oxygens (including phenoxy) is 1. The zero-order chi connectivity index (χ0) is 13.6. The maximum absolute atomic E-state index is 11.6. The topological polar surface area (TPSA) is 46.5 Å².